The largest absolute Gasteiger partial charge is 0.348 e. The summed E-state index contributed by atoms with van der Waals surface area (Å²) < 4.78 is 13.6. The van der Waals surface area contributed by atoms with Crippen LogP contribution in [-0.4, -0.2) is 34.8 Å². The third-order valence-corrected chi connectivity index (χ3v) is 4.58. The molecule has 0 bridgehead atoms. The minimum absolute atomic E-state index is 0.0841. The third kappa shape index (κ3) is 4.25. The average Bonchev–Trinajstić information content (AvgIpc) is 2.66. The first kappa shape index (κ1) is 18.0. The maximum absolute atomic E-state index is 13.6. The Bertz CT molecular complexity index is 809. The lowest BCUT2D eigenvalue weighted by Crippen LogP contribution is -2.39. The number of hydrogen-bond acceptors (Lipinski definition) is 3. The lowest BCUT2D eigenvalue weighted by Gasteiger charge is -2.30. The van der Waals surface area contributed by atoms with E-state index in [0.29, 0.717) is 30.1 Å². The van der Waals surface area contributed by atoms with E-state index in [2.05, 4.69) is 17.2 Å². The highest BCUT2D eigenvalue weighted by molar-refractivity contribution is 5.98. The van der Waals surface area contributed by atoms with Gasteiger partial charge in [0, 0.05) is 37.0 Å². The number of benzene rings is 1. The summed E-state index contributed by atoms with van der Waals surface area (Å²) in [5.41, 5.74) is 1.01. The SMILES string of the molecule is CC1CCCN(C(=O)c2cc(C(=O)NCc3ccccc3F)ccn2)C1. The highest BCUT2D eigenvalue weighted by Crippen LogP contribution is 2.17. The minimum atomic E-state index is -0.364. The molecule has 1 fully saturated rings. The predicted octanol–water partition coefficient (Wildman–Crippen LogP) is 3.02. The van der Waals surface area contributed by atoms with E-state index in [0.717, 1.165) is 12.8 Å². The lowest BCUT2D eigenvalue weighted by atomic mass is 10.00. The predicted molar refractivity (Wildman–Crippen MR) is 96.1 cm³/mol. The molecule has 1 aliphatic heterocycles. The van der Waals surface area contributed by atoms with E-state index >= 15 is 0 Å². The van der Waals surface area contributed by atoms with Crippen molar-refractivity contribution >= 4 is 11.8 Å². The van der Waals surface area contributed by atoms with Gasteiger partial charge in [-0.25, -0.2) is 4.39 Å². The van der Waals surface area contributed by atoms with E-state index in [1.165, 1.54) is 18.3 Å². The molecule has 2 amide bonds. The summed E-state index contributed by atoms with van der Waals surface area (Å²) in [6.45, 7) is 3.64. The standard InChI is InChI=1S/C20H22FN3O2/c1-14-5-4-10-24(13-14)20(26)18-11-15(8-9-22-18)19(25)23-12-16-6-2-3-7-17(16)21/h2-3,6-9,11,14H,4-5,10,12-13H2,1H3,(H,23,25). The van der Waals surface area contributed by atoms with Gasteiger partial charge in [0.1, 0.15) is 11.5 Å². The van der Waals surface area contributed by atoms with E-state index in [9.17, 15) is 14.0 Å². The number of nitrogens with zero attached hydrogens (tertiary/aromatic N) is 2. The number of halogens is 1. The molecule has 1 unspecified atom stereocenters. The molecule has 0 aliphatic carbocycles. The molecule has 2 aromatic rings. The van der Waals surface area contributed by atoms with Crippen LogP contribution in [0.3, 0.4) is 0 Å². The molecule has 0 spiro atoms. The van der Waals surface area contributed by atoms with Crippen molar-refractivity contribution in [1.82, 2.24) is 15.2 Å². The Morgan fingerprint density at radius 2 is 2.12 bits per heavy atom. The van der Waals surface area contributed by atoms with Crippen LogP contribution in [-0.2, 0) is 6.54 Å². The van der Waals surface area contributed by atoms with Crippen LogP contribution < -0.4 is 5.32 Å². The number of carbonyl (C=O) groups excluding carboxylic acids is 2. The molecular weight excluding hydrogens is 333 g/mol. The van der Waals surface area contributed by atoms with Crippen LogP contribution in [0.25, 0.3) is 0 Å². The number of likely N-dealkylation sites (tertiary alicyclic amines) is 1. The molecule has 1 atom stereocenters. The zero-order valence-electron chi connectivity index (χ0n) is 14.7. The van der Waals surface area contributed by atoms with E-state index in [1.54, 1.807) is 29.2 Å². The van der Waals surface area contributed by atoms with Crippen molar-refractivity contribution in [3.8, 4) is 0 Å². The van der Waals surface area contributed by atoms with Crippen molar-refractivity contribution < 1.29 is 14.0 Å². The van der Waals surface area contributed by atoms with Crippen LogP contribution in [0.5, 0.6) is 0 Å². The molecule has 1 aromatic heterocycles. The van der Waals surface area contributed by atoms with Gasteiger partial charge in [0.05, 0.1) is 0 Å². The van der Waals surface area contributed by atoms with Crippen molar-refractivity contribution in [2.75, 3.05) is 13.1 Å². The molecule has 6 heteroatoms. The minimum Gasteiger partial charge on any atom is -0.348 e. The van der Waals surface area contributed by atoms with Crippen molar-refractivity contribution in [2.24, 2.45) is 5.92 Å². The number of hydrogen-bond donors (Lipinski definition) is 1. The quantitative estimate of drug-likeness (QED) is 0.917. The van der Waals surface area contributed by atoms with Crippen LogP contribution in [0.4, 0.5) is 4.39 Å². The van der Waals surface area contributed by atoms with Gasteiger partial charge in [0.25, 0.3) is 11.8 Å². The maximum atomic E-state index is 13.6. The number of pyridine rings is 1. The van der Waals surface area contributed by atoms with Gasteiger partial charge in [-0.15, -0.1) is 0 Å². The zero-order chi connectivity index (χ0) is 18.5. The number of rotatable bonds is 4. The highest BCUT2D eigenvalue weighted by atomic mass is 19.1. The number of aromatic nitrogens is 1. The van der Waals surface area contributed by atoms with Crippen LogP contribution in [0.1, 0.15) is 46.2 Å². The molecule has 1 N–H and O–H groups in total. The van der Waals surface area contributed by atoms with E-state index in [4.69, 9.17) is 0 Å². The molecule has 136 valence electrons. The number of amides is 2. The fourth-order valence-corrected chi connectivity index (χ4v) is 3.14. The molecule has 1 saturated heterocycles. The van der Waals surface area contributed by atoms with Gasteiger partial charge in [0.15, 0.2) is 0 Å². The van der Waals surface area contributed by atoms with Crippen LogP contribution >= 0.6 is 0 Å². The van der Waals surface area contributed by atoms with Crippen LogP contribution in [0.2, 0.25) is 0 Å². The topological polar surface area (TPSA) is 62.3 Å². The molecule has 1 aromatic carbocycles. The summed E-state index contributed by atoms with van der Waals surface area (Å²) in [5.74, 6) is -0.408. The van der Waals surface area contributed by atoms with Crippen molar-refractivity contribution in [3.63, 3.8) is 0 Å². The van der Waals surface area contributed by atoms with Crippen LogP contribution in [0, 0.1) is 11.7 Å². The van der Waals surface area contributed by atoms with E-state index < -0.39 is 0 Å². The lowest BCUT2D eigenvalue weighted by molar-refractivity contribution is 0.0677. The number of piperidine rings is 1. The van der Waals surface area contributed by atoms with Gasteiger partial charge in [-0.2, -0.15) is 0 Å². The average molecular weight is 355 g/mol. The Kier molecular flexibility index (Phi) is 5.61. The second-order valence-corrected chi connectivity index (χ2v) is 6.70. The fraction of sp³-hybridized carbons (Fsp3) is 0.350. The monoisotopic (exact) mass is 355 g/mol. The first-order chi connectivity index (χ1) is 12.5. The summed E-state index contributed by atoms with van der Waals surface area (Å²) in [6, 6.07) is 9.33. The second kappa shape index (κ2) is 8.08. The molecule has 1 aliphatic rings. The van der Waals surface area contributed by atoms with Gasteiger partial charge in [-0.05, 0) is 37.0 Å². The van der Waals surface area contributed by atoms with Gasteiger partial charge < -0.3 is 10.2 Å². The summed E-state index contributed by atoms with van der Waals surface area (Å²) in [4.78, 5) is 30.9. The summed E-state index contributed by atoms with van der Waals surface area (Å²) in [7, 11) is 0. The second-order valence-electron chi connectivity index (χ2n) is 6.70. The Morgan fingerprint density at radius 1 is 1.31 bits per heavy atom. The van der Waals surface area contributed by atoms with Crippen molar-refractivity contribution in [2.45, 2.75) is 26.3 Å². The highest BCUT2D eigenvalue weighted by Gasteiger charge is 2.23. The van der Waals surface area contributed by atoms with E-state index in [1.807, 2.05) is 0 Å². The molecule has 26 heavy (non-hydrogen) atoms. The zero-order valence-corrected chi connectivity index (χ0v) is 14.7. The molecule has 2 heterocycles. The molecular formula is C20H22FN3O2. The number of nitrogens with one attached hydrogen (secondary N) is 1. The first-order valence-corrected chi connectivity index (χ1v) is 8.81. The third-order valence-electron chi connectivity index (χ3n) is 4.58. The van der Waals surface area contributed by atoms with Crippen molar-refractivity contribution in [3.05, 3.63) is 65.2 Å². The molecule has 3 rings (SSSR count). The Hall–Kier alpha value is -2.76. The van der Waals surface area contributed by atoms with Gasteiger partial charge >= 0.3 is 0 Å². The Morgan fingerprint density at radius 3 is 2.88 bits per heavy atom. The molecule has 5 nitrogen and oxygen atoms in total. The molecule has 0 saturated carbocycles. The fourth-order valence-electron chi connectivity index (χ4n) is 3.14. The number of carbonyl (C=O) groups is 2. The maximum Gasteiger partial charge on any atom is 0.272 e. The normalized spacial score (nSPS) is 17.0. The van der Waals surface area contributed by atoms with E-state index in [-0.39, 0.29) is 29.9 Å². The van der Waals surface area contributed by atoms with Gasteiger partial charge in [-0.3, -0.25) is 14.6 Å². The van der Waals surface area contributed by atoms with Crippen LogP contribution in [0.15, 0.2) is 42.6 Å². The Labute approximate surface area is 152 Å². The summed E-state index contributed by atoms with van der Waals surface area (Å²) >= 11 is 0. The Balaban J connectivity index is 1.67. The van der Waals surface area contributed by atoms with Gasteiger partial charge in [0.2, 0.25) is 0 Å². The molecule has 0 radical (unpaired) electrons. The first-order valence-electron chi connectivity index (χ1n) is 8.81. The summed E-state index contributed by atoms with van der Waals surface area (Å²) in [5, 5.41) is 2.68. The van der Waals surface area contributed by atoms with Crippen molar-refractivity contribution in [1.29, 1.82) is 0 Å². The smallest absolute Gasteiger partial charge is 0.272 e. The van der Waals surface area contributed by atoms with Gasteiger partial charge in [-0.1, -0.05) is 25.1 Å². The summed E-state index contributed by atoms with van der Waals surface area (Å²) in [6.07, 6.45) is 3.56.